The van der Waals surface area contributed by atoms with Crippen molar-refractivity contribution in [3.8, 4) is 0 Å². The number of carbonyl (C=O) groups excluding carboxylic acids is 1. The molecule has 2 aromatic rings. The number of ether oxygens (including phenoxy) is 1. The Hall–Kier alpha value is -2.41. The molecule has 0 aliphatic heterocycles. The van der Waals surface area contributed by atoms with Crippen LogP contribution in [-0.4, -0.2) is 25.2 Å². The molecule has 0 aliphatic rings. The Balaban J connectivity index is 2.26. The molecular formula is C19H23NO5S. The molecule has 0 unspecified atom stereocenters. The van der Waals surface area contributed by atoms with E-state index in [0.717, 1.165) is 17.9 Å². The average molecular weight is 377 g/mol. The van der Waals surface area contributed by atoms with Gasteiger partial charge in [0.2, 0.25) is 0 Å². The summed E-state index contributed by atoms with van der Waals surface area (Å²) in [7, 11) is -3.49. The number of rotatable bonds is 7. The number of benzene rings is 1. The van der Waals surface area contributed by atoms with Crippen LogP contribution in [0.1, 0.15) is 31.9 Å². The first-order chi connectivity index (χ1) is 12.2. The van der Waals surface area contributed by atoms with Gasteiger partial charge in [0.1, 0.15) is 12.6 Å². The molecule has 0 amide bonds. The number of hydrogen-bond acceptors (Lipinski definition) is 5. The number of pyridine rings is 1. The van der Waals surface area contributed by atoms with Gasteiger partial charge in [0.05, 0.1) is 4.90 Å². The standard InChI is InChI=1S/C19H23NO5S/c1-14(2)11-17(19(22)25-13-15-7-5-4-6-8-15)20-10-9-16(12-18(20)21)26(3,23)24/h4-10,12,14,17H,11,13H2,1-3H3/t17-/m0/s1. The van der Waals surface area contributed by atoms with Crippen LogP contribution in [0, 0.1) is 5.92 Å². The van der Waals surface area contributed by atoms with Gasteiger partial charge >= 0.3 is 5.97 Å². The van der Waals surface area contributed by atoms with Crippen molar-refractivity contribution in [3.63, 3.8) is 0 Å². The van der Waals surface area contributed by atoms with Crippen molar-refractivity contribution in [1.82, 2.24) is 4.57 Å². The van der Waals surface area contributed by atoms with Crippen molar-refractivity contribution in [1.29, 1.82) is 0 Å². The summed E-state index contributed by atoms with van der Waals surface area (Å²) in [6.07, 6.45) is 2.78. The quantitative estimate of drug-likeness (QED) is 0.693. The molecule has 7 heteroatoms. The van der Waals surface area contributed by atoms with Crippen molar-refractivity contribution in [2.75, 3.05) is 6.26 Å². The zero-order valence-corrected chi connectivity index (χ0v) is 15.9. The summed E-state index contributed by atoms with van der Waals surface area (Å²) in [6.45, 7) is 3.99. The molecule has 0 saturated heterocycles. The van der Waals surface area contributed by atoms with E-state index in [9.17, 15) is 18.0 Å². The lowest BCUT2D eigenvalue weighted by molar-refractivity contribution is -0.149. The normalized spacial score (nSPS) is 12.8. The molecular weight excluding hydrogens is 354 g/mol. The van der Waals surface area contributed by atoms with Gasteiger partial charge in [0.25, 0.3) is 5.56 Å². The van der Waals surface area contributed by atoms with Crippen LogP contribution < -0.4 is 5.56 Å². The van der Waals surface area contributed by atoms with E-state index >= 15 is 0 Å². The average Bonchev–Trinajstić information content (AvgIpc) is 2.57. The zero-order chi connectivity index (χ0) is 19.3. The Morgan fingerprint density at radius 2 is 1.81 bits per heavy atom. The van der Waals surface area contributed by atoms with Gasteiger partial charge in [-0.15, -0.1) is 0 Å². The molecule has 1 atom stereocenters. The van der Waals surface area contributed by atoms with Gasteiger partial charge in [-0.2, -0.15) is 0 Å². The maximum Gasteiger partial charge on any atom is 0.329 e. The van der Waals surface area contributed by atoms with Crippen molar-refractivity contribution < 1.29 is 17.9 Å². The second-order valence-electron chi connectivity index (χ2n) is 6.62. The van der Waals surface area contributed by atoms with E-state index in [-0.39, 0.29) is 17.4 Å². The highest BCUT2D eigenvalue weighted by Gasteiger charge is 2.25. The number of aromatic nitrogens is 1. The molecule has 0 saturated carbocycles. The minimum Gasteiger partial charge on any atom is -0.459 e. The zero-order valence-electron chi connectivity index (χ0n) is 15.1. The molecule has 6 nitrogen and oxygen atoms in total. The largest absolute Gasteiger partial charge is 0.459 e. The minimum atomic E-state index is -3.49. The Morgan fingerprint density at radius 3 is 2.35 bits per heavy atom. The third-order valence-electron chi connectivity index (χ3n) is 3.87. The van der Waals surface area contributed by atoms with Crippen LogP contribution in [0.4, 0.5) is 0 Å². The lowest BCUT2D eigenvalue weighted by atomic mass is 10.0. The topological polar surface area (TPSA) is 82.4 Å². The maximum absolute atomic E-state index is 12.6. The van der Waals surface area contributed by atoms with Gasteiger partial charge < -0.3 is 9.30 Å². The summed E-state index contributed by atoms with van der Waals surface area (Å²) in [5, 5.41) is 0. The highest BCUT2D eigenvalue weighted by molar-refractivity contribution is 7.90. The number of sulfone groups is 1. The molecule has 0 radical (unpaired) electrons. The molecule has 1 heterocycles. The van der Waals surface area contributed by atoms with Crippen LogP contribution in [0.3, 0.4) is 0 Å². The molecule has 140 valence electrons. The number of hydrogen-bond donors (Lipinski definition) is 0. The van der Waals surface area contributed by atoms with E-state index in [1.165, 1.54) is 16.8 Å². The smallest absolute Gasteiger partial charge is 0.329 e. The molecule has 0 aliphatic carbocycles. The third kappa shape index (κ3) is 5.29. The van der Waals surface area contributed by atoms with Crippen molar-refractivity contribution in [3.05, 3.63) is 64.6 Å². The summed E-state index contributed by atoms with van der Waals surface area (Å²) in [4.78, 5) is 24.9. The van der Waals surface area contributed by atoms with Gasteiger partial charge in [-0.25, -0.2) is 13.2 Å². The summed E-state index contributed by atoms with van der Waals surface area (Å²) >= 11 is 0. The third-order valence-corrected chi connectivity index (χ3v) is 4.98. The maximum atomic E-state index is 12.6. The second-order valence-corrected chi connectivity index (χ2v) is 8.63. The number of carbonyl (C=O) groups is 1. The Labute approximate surface area is 153 Å². The SMILES string of the molecule is CC(C)C[C@@H](C(=O)OCc1ccccc1)n1ccc(S(C)(=O)=O)cc1=O. The summed E-state index contributed by atoms with van der Waals surface area (Å²) in [5.41, 5.74) is 0.305. The van der Waals surface area contributed by atoms with Crippen LogP contribution in [-0.2, 0) is 26.0 Å². The number of esters is 1. The second kappa shape index (κ2) is 8.31. The fourth-order valence-corrected chi connectivity index (χ4v) is 3.18. The van der Waals surface area contributed by atoms with Crippen LogP contribution in [0.25, 0.3) is 0 Å². The fraction of sp³-hybridized carbons (Fsp3) is 0.368. The van der Waals surface area contributed by atoms with Gasteiger partial charge in [-0.1, -0.05) is 44.2 Å². The first kappa shape index (κ1) is 19.9. The minimum absolute atomic E-state index is 0.0697. The van der Waals surface area contributed by atoms with E-state index in [0.29, 0.717) is 6.42 Å². The Bertz CT molecular complexity index is 916. The molecule has 26 heavy (non-hydrogen) atoms. The van der Waals surface area contributed by atoms with Crippen LogP contribution in [0.5, 0.6) is 0 Å². The summed E-state index contributed by atoms with van der Waals surface area (Å²) < 4.78 is 29.8. The van der Waals surface area contributed by atoms with Gasteiger partial charge in [-0.3, -0.25) is 4.79 Å². The number of nitrogens with zero attached hydrogens (tertiary/aromatic N) is 1. The Kier molecular flexibility index (Phi) is 6.37. The van der Waals surface area contributed by atoms with Gasteiger partial charge in [0.15, 0.2) is 9.84 Å². The summed E-state index contributed by atoms with van der Waals surface area (Å²) in [5.74, 6) is -0.373. The van der Waals surface area contributed by atoms with Crippen LogP contribution >= 0.6 is 0 Å². The molecule has 0 spiro atoms. The first-order valence-corrected chi connectivity index (χ1v) is 10.2. The predicted octanol–water partition coefficient (Wildman–Crippen LogP) is 2.58. The molecule has 1 aromatic carbocycles. The van der Waals surface area contributed by atoms with Crippen LogP contribution in [0.15, 0.2) is 58.4 Å². The molecule has 1 aromatic heterocycles. The summed E-state index contributed by atoms with van der Waals surface area (Å²) in [6, 6.07) is 10.8. The van der Waals surface area contributed by atoms with Crippen molar-refractivity contribution >= 4 is 15.8 Å². The highest BCUT2D eigenvalue weighted by atomic mass is 32.2. The molecule has 0 bridgehead atoms. The van der Waals surface area contributed by atoms with E-state index in [1.54, 1.807) is 0 Å². The van der Waals surface area contributed by atoms with Gasteiger partial charge in [0, 0.05) is 18.5 Å². The van der Waals surface area contributed by atoms with E-state index < -0.39 is 27.4 Å². The Morgan fingerprint density at radius 1 is 1.15 bits per heavy atom. The first-order valence-electron chi connectivity index (χ1n) is 8.31. The highest BCUT2D eigenvalue weighted by Crippen LogP contribution is 2.19. The molecule has 0 fully saturated rings. The molecule has 2 rings (SSSR count). The van der Waals surface area contributed by atoms with E-state index in [2.05, 4.69) is 0 Å². The van der Waals surface area contributed by atoms with Crippen LogP contribution in [0.2, 0.25) is 0 Å². The molecule has 0 N–H and O–H groups in total. The fourth-order valence-electron chi connectivity index (χ4n) is 2.55. The van der Waals surface area contributed by atoms with E-state index in [1.807, 2.05) is 44.2 Å². The predicted molar refractivity (Wildman–Crippen MR) is 98.5 cm³/mol. The van der Waals surface area contributed by atoms with Crippen molar-refractivity contribution in [2.24, 2.45) is 5.92 Å². The lowest BCUT2D eigenvalue weighted by Crippen LogP contribution is -2.31. The monoisotopic (exact) mass is 377 g/mol. The van der Waals surface area contributed by atoms with Gasteiger partial charge in [-0.05, 0) is 24.0 Å². The lowest BCUT2D eigenvalue weighted by Gasteiger charge is -2.20. The van der Waals surface area contributed by atoms with Crippen molar-refractivity contribution in [2.45, 2.75) is 37.8 Å². The van der Waals surface area contributed by atoms with E-state index in [4.69, 9.17) is 4.74 Å².